The van der Waals surface area contributed by atoms with Crippen molar-refractivity contribution in [1.82, 2.24) is 14.9 Å². The summed E-state index contributed by atoms with van der Waals surface area (Å²) in [6, 6.07) is 9.58. The van der Waals surface area contributed by atoms with E-state index in [-0.39, 0.29) is 5.91 Å². The molecule has 0 radical (unpaired) electrons. The number of piperidine rings is 1. The van der Waals surface area contributed by atoms with Gasteiger partial charge in [-0.3, -0.25) is 4.79 Å². The Morgan fingerprint density at radius 2 is 2.19 bits per heavy atom. The molecule has 1 N–H and O–H groups in total. The van der Waals surface area contributed by atoms with E-state index >= 15 is 0 Å². The summed E-state index contributed by atoms with van der Waals surface area (Å²) in [7, 11) is 0. The van der Waals surface area contributed by atoms with E-state index in [0.29, 0.717) is 29.8 Å². The third-order valence-corrected chi connectivity index (χ3v) is 4.85. The molecule has 1 aromatic carbocycles. The molecule has 0 aliphatic carbocycles. The number of halogens is 1. The molecule has 1 unspecified atom stereocenters. The van der Waals surface area contributed by atoms with Gasteiger partial charge in [-0.05, 0) is 49.8 Å². The van der Waals surface area contributed by atoms with Gasteiger partial charge >= 0.3 is 0 Å². The number of benzene rings is 1. The van der Waals surface area contributed by atoms with Crippen molar-refractivity contribution in [3.8, 4) is 0 Å². The molecule has 138 valence electrons. The van der Waals surface area contributed by atoms with Gasteiger partial charge in [-0.2, -0.15) is 0 Å². The predicted molar refractivity (Wildman–Crippen MR) is 105 cm³/mol. The number of carbonyl (C=O) groups excluding carboxylic acids is 1. The number of anilines is 1. The zero-order chi connectivity index (χ0) is 18.5. The minimum atomic E-state index is -0.0000545. The summed E-state index contributed by atoms with van der Waals surface area (Å²) in [6.07, 6.45) is 3.07. The Labute approximate surface area is 159 Å². The van der Waals surface area contributed by atoms with Gasteiger partial charge in [0.1, 0.15) is 17.3 Å². The van der Waals surface area contributed by atoms with Crippen LogP contribution >= 0.6 is 11.6 Å². The molecule has 1 saturated heterocycles. The molecule has 1 aliphatic heterocycles. The van der Waals surface area contributed by atoms with Crippen LogP contribution in [0, 0.1) is 12.8 Å². The molecule has 1 amide bonds. The second kappa shape index (κ2) is 8.49. The number of aryl methyl sites for hydroxylation is 1. The second-order valence-electron chi connectivity index (χ2n) is 6.99. The summed E-state index contributed by atoms with van der Waals surface area (Å²) in [6.45, 7) is 6.33. The maximum absolute atomic E-state index is 12.8. The van der Waals surface area contributed by atoms with Crippen LogP contribution in [0.4, 0.5) is 5.82 Å². The number of carbonyl (C=O) groups is 1. The van der Waals surface area contributed by atoms with Crippen molar-refractivity contribution in [1.29, 1.82) is 0 Å². The highest BCUT2D eigenvalue weighted by Gasteiger charge is 2.23. The van der Waals surface area contributed by atoms with Gasteiger partial charge < -0.3 is 10.2 Å². The second-order valence-corrected chi connectivity index (χ2v) is 7.43. The lowest BCUT2D eigenvalue weighted by molar-refractivity contribution is 0.0676. The zero-order valence-electron chi connectivity index (χ0n) is 15.3. The Morgan fingerprint density at radius 1 is 1.35 bits per heavy atom. The van der Waals surface area contributed by atoms with Crippen LogP contribution in [0.2, 0.25) is 5.02 Å². The number of rotatable bonds is 5. The largest absolute Gasteiger partial charge is 0.370 e. The first-order valence-electron chi connectivity index (χ1n) is 9.14. The van der Waals surface area contributed by atoms with Crippen LogP contribution in [0.15, 0.2) is 30.3 Å². The smallest absolute Gasteiger partial charge is 0.272 e. The van der Waals surface area contributed by atoms with Crippen LogP contribution in [0.25, 0.3) is 0 Å². The Morgan fingerprint density at radius 3 is 2.96 bits per heavy atom. The molecular formula is C20H25ClN4O. The van der Waals surface area contributed by atoms with E-state index in [0.717, 1.165) is 36.5 Å². The minimum absolute atomic E-state index is 0.0000545. The molecular weight excluding hydrogens is 348 g/mol. The highest BCUT2D eigenvalue weighted by Crippen LogP contribution is 2.18. The Hall–Kier alpha value is -2.14. The van der Waals surface area contributed by atoms with E-state index < -0.39 is 0 Å². The number of hydrogen-bond acceptors (Lipinski definition) is 4. The first-order chi connectivity index (χ1) is 12.5. The van der Waals surface area contributed by atoms with Gasteiger partial charge in [0.2, 0.25) is 0 Å². The van der Waals surface area contributed by atoms with E-state index in [1.165, 1.54) is 6.42 Å². The van der Waals surface area contributed by atoms with Crippen molar-refractivity contribution in [3.63, 3.8) is 0 Å². The van der Waals surface area contributed by atoms with Crippen molar-refractivity contribution in [2.45, 2.75) is 33.1 Å². The number of nitrogens with one attached hydrogen (secondary N) is 1. The zero-order valence-corrected chi connectivity index (χ0v) is 16.1. The van der Waals surface area contributed by atoms with Gasteiger partial charge in [-0.15, -0.1) is 0 Å². The fraction of sp³-hybridized carbons (Fsp3) is 0.450. The number of hydrogen-bond donors (Lipinski definition) is 1. The monoisotopic (exact) mass is 372 g/mol. The predicted octanol–water partition coefficient (Wildman–Crippen LogP) is 3.97. The van der Waals surface area contributed by atoms with Crippen LogP contribution in [0.5, 0.6) is 0 Å². The Balaban J connectivity index is 1.64. The molecule has 0 spiro atoms. The first-order valence-corrected chi connectivity index (χ1v) is 9.52. The maximum Gasteiger partial charge on any atom is 0.272 e. The highest BCUT2D eigenvalue weighted by atomic mass is 35.5. The van der Waals surface area contributed by atoms with Crippen LogP contribution < -0.4 is 5.32 Å². The van der Waals surface area contributed by atoms with Crippen LogP contribution in [0.3, 0.4) is 0 Å². The molecule has 6 heteroatoms. The average molecular weight is 373 g/mol. The summed E-state index contributed by atoms with van der Waals surface area (Å²) >= 11 is 6.02. The summed E-state index contributed by atoms with van der Waals surface area (Å²) in [4.78, 5) is 23.4. The van der Waals surface area contributed by atoms with Gasteiger partial charge in [-0.25, -0.2) is 9.97 Å². The fourth-order valence-corrected chi connectivity index (χ4v) is 3.54. The maximum atomic E-state index is 12.8. The van der Waals surface area contributed by atoms with E-state index in [1.54, 1.807) is 6.07 Å². The Bertz CT molecular complexity index is 780. The number of likely N-dealkylation sites (tertiary alicyclic amines) is 1. The summed E-state index contributed by atoms with van der Waals surface area (Å²) in [5, 5.41) is 4.04. The molecule has 3 rings (SSSR count). The van der Waals surface area contributed by atoms with Gasteiger partial charge in [-0.1, -0.05) is 30.7 Å². The minimum Gasteiger partial charge on any atom is -0.370 e. The van der Waals surface area contributed by atoms with Gasteiger partial charge in [0, 0.05) is 30.7 Å². The molecule has 0 saturated carbocycles. The van der Waals surface area contributed by atoms with E-state index in [1.807, 2.05) is 36.1 Å². The van der Waals surface area contributed by atoms with Crippen molar-refractivity contribution >= 4 is 23.3 Å². The lowest BCUT2D eigenvalue weighted by Crippen LogP contribution is -2.39. The highest BCUT2D eigenvalue weighted by molar-refractivity contribution is 6.30. The SMILES string of the molecule is Cc1nc(NCCc2cccc(Cl)c2)cc(C(=O)N2CCCC(C)C2)n1. The van der Waals surface area contributed by atoms with Crippen molar-refractivity contribution in [3.05, 3.63) is 52.4 Å². The third kappa shape index (κ3) is 4.94. The molecule has 2 aromatic rings. The molecule has 5 nitrogen and oxygen atoms in total. The molecule has 1 atom stereocenters. The number of nitrogens with zero attached hydrogens (tertiary/aromatic N) is 3. The van der Waals surface area contributed by atoms with Crippen molar-refractivity contribution < 1.29 is 4.79 Å². The average Bonchev–Trinajstić information content (AvgIpc) is 2.61. The summed E-state index contributed by atoms with van der Waals surface area (Å²) < 4.78 is 0. The number of amides is 1. The van der Waals surface area contributed by atoms with Crippen molar-refractivity contribution in [2.24, 2.45) is 5.92 Å². The van der Waals surface area contributed by atoms with E-state index in [2.05, 4.69) is 22.2 Å². The van der Waals surface area contributed by atoms with Crippen LogP contribution in [-0.2, 0) is 6.42 Å². The molecule has 1 fully saturated rings. The van der Waals surface area contributed by atoms with E-state index in [9.17, 15) is 4.79 Å². The lowest BCUT2D eigenvalue weighted by atomic mass is 10.00. The van der Waals surface area contributed by atoms with Crippen LogP contribution in [-0.4, -0.2) is 40.4 Å². The standard InChI is InChI=1S/C20H25ClN4O/c1-14-5-4-10-25(13-14)20(26)18-12-19(24-15(2)23-18)22-9-8-16-6-3-7-17(21)11-16/h3,6-7,11-12,14H,4-5,8-10,13H2,1-2H3,(H,22,23,24). The van der Waals surface area contributed by atoms with Crippen LogP contribution in [0.1, 0.15) is 41.6 Å². The fourth-order valence-electron chi connectivity index (χ4n) is 3.33. The lowest BCUT2D eigenvalue weighted by Gasteiger charge is -2.30. The topological polar surface area (TPSA) is 58.1 Å². The normalized spacial score (nSPS) is 17.2. The first kappa shape index (κ1) is 18.6. The van der Waals surface area contributed by atoms with Gasteiger partial charge in [0.25, 0.3) is 5.91 Å². The molecule has 26 heavy (non-hydrogen) atoms. The molecule has 2 heterocycles. The Kier molecular flexibility index (Phi) is 6.09. The van der Waals surface area contributed by atoms with Gasteiger partial charge in [0.05, 0.1) is 0 Å². The van der Waals surface area contributed by atoms with Gasteiger partial charge in [0.15, 0.2) is 0 Å². The van der Waals surface area contributed by atoms with Crippen molar-refractivity contribution in [2.75, 3.05) is 25.0 Å². The molecule has 1 aromatic heterocycles. The third-order valence-electron chi connectivity index (χ3n) is 4.61. The van der Waals surface area contributed by atoms with E-state index in [4.69, 9.17) is 11.6 Å². The summed E-state index contributed by atoms with van der Waals surface area (Å²) in [5.74, 6) is 1.84. The number of aromatic nitrogens is 2. The quantitative estimate of drug-likeness (QED) is 0.862. The molecule has 0 bridgehead atoms. The molecule has 1 aliphatic rings. The summed E-state index contributed by atoms with van der Waals surface area (Å²) in [5.41, 5.74) is 1.63.